The highest BCUT2D eigenvalue weighted by atomic mass is 16.5. The van der Waals surface area contributed by atoms with Crippen LogP contribution in [0.2, 0.25) is 0 Å². The number of amides is 1. The van der Waals surface area contributed by atoms with Crippen molar-refractivity contribution < 1.29 is 9.53 Å². The number of aromatic nitrogens is 4. The van der Waals surface area contributed by atoms with Gasteiger partial charge in [-0.1, -0.05) is 0 Å². The Balaban J connectivity index is 1.80. The van der Waals surface area contributed by atoms with Crippen LogP contribution in [0.3, 0.4) is 0 Å². The topological polar surface area (TPSA) is 104 Å². The van der Waals surface area contributed by atoms with E-state index in [0.717, 1.165) is 11.1 Å². The smallest absolute Gasteiger partial charge is 0.248 e. The normalized spacial score (nSPS) is 10.7. The predicted molar refractivity (Wildman–Crippen MR) is 100 cm³/mol. The number of benzene rings is 1. The highest BCUT2D eigenvalue weighted by Crippen LogP contribution is 2.33. The summed E-state index contributed by atoms with van der Waals surface area (Å²) in [5, 5.41) is 0.753. The van der Waals surface area contributed by atoms with Crippen LogP contribution in [0.4, 0.5) is 0 Å². The molecule has 0 radical (unpaired) electrons. The highest BCUT2D eigenvalue weighted by molar-refractivity contribution is 5.97. The first-order valence-electron chi connectivity index (χ1n) is 8.23. The van der Waals surface area contributed by atoms with Crippen molar-refractivity contribution in [1.82, 2.24) is 19.9 Å². The molecule has 0 saturated heterocycles. The lowest BCUT2D eigenvalue weighted by Gasteiger charge is -2.12. The van der Waals surface area contributed by atoms with Gasteiger partial charge >= 0.3 is 0 Å². The highest BCUT2D eigenvalue weighted by Gasteiger charge is 2.14. The first-order valence-corrected chi connectivity index (χ1v) is 8.23. The molecule has 2 N–H and O–H groups in total. The van der Waals surface area contributed by atoms with Crippen LogP contribution in [-0.2, 0) is 0 Å². The van der Waals surface area contributed by atoms with Gasteiger partial charge in [0.1, 0.15) is 5.75 Å². The van der Waals surface area contributed by atoms with Crippen LogP contribution in [0.5, 0.6) is 11.5 Å². The lowest BCUT2D eigenvalue weighted by atomic mass is 10.1. The molecule has 4 rings (SSSR count). The molecule has 1 amide bonds. The maximum Gasteiger partial charge on any atom is 0.248 e. The summed E-state index contributed by atoms with van der Waals surface area (Å²) < 4.78 is 6.13. The monoisotopic (exact) mass is 357 g/mol. The Kier molecular flexibility index (Phi) is 4.18. The van der Waals surface area contributed by atoms with Crippen LogP contribution in [0, 0.1) is 6.92 Å². The van der Waals surface area contributed by atoms with E-state index in [1.54, 1.807) is 48.9 Å². The van der Waals surface area contributed by atoms with Crippen LogP contribution >= 0.6 is 0 Å². The van der Waals surface area contributed by atoms with Gasteiger partial charge in [0, 0.05) is 35.2 Å². The van der Waals surface area contributed by atoms with Crippen LogP contribution in [-0.4, -0.2) is 25.8 Å². The van der Waals surface area contributed by atoms with Crippen molar-refractivity contribution in [2.24, 2.45) is 5.73 Å². The third-order valence-corrected chi connectivity index (χ3v) is 3.98. The summed E-state index contributed by atoms with van der Waals surface area (Å²) in [6.45, 7) is 1.89. The zero-order valence-corrected chi connectivity index (χ0v) is 14.5. The lowest BCUT2D eigenvalue weighted by molar-refractivity contribution is 0.100. The average molecular weight is 357 g/mol. The lowest BCUT2D eigenvalue weighted by Crippen LogP contribution is -2.10. The van der Waals surface area contributed by atoms with E-state index in [-0.39, 0.29) is 0 Å². The number of hydrogen-bond donors (Lipinski definition) is 1. The van der Waals surface area contributed by atoms with E-state index in [9.17, 15) is 4.79 Å². The Hall–Kier alpha value is -3.87. The Labute approximate surface area is 154 Å². The summed E-state index contributed by atoms with van der Waals surface area (Å²) >= 11 is 0. The molecule has 3 heterocycles. The zero-order valence-electron chi connectivity index (χ0n) is 14.5. The number of pyridine rings is 2. The van der Waals surface area contributed by atoms with Gasteiger partial charge in [0.15, 0.2) is 17.3 Å². The number of carbonyl (C=O) groups is 1. The Morgan fingerprint density at radius 2 is 1.78 bits per heavy atom. The standard InChI is InChI=1S/C20H15N5O2/c1-12-3-6-17(18(25-12)20-23-8-2-9-24-20)27-16-7-10-22-15-11-13(19(21)26)4-5-14(15)16/h2-11H,1H3,(H2,21,26). The molecule has 0 atom stereocenters. The van der Waals surface area contributed by atoms with E-state index in [0.29, 0.717) is 34.1 Å². The number of nitrogens with zero attached hydrogens (tertiary/aromatic N) is 4. The number of primary amides is 1. The minimum Gasteiger partial charge on any atom is -0.454 e. The molecule has 0 aliphatic heterocycles. The number of rotatable bonds is 4. The molecule has 0 fully saturated rings. The van der Waals surface area contributed by atoms with Crippen molar-refractivity contribution in [3.8, 4) is 23.0 Å². The van der Waals surface area contributed by atoms with Crippen LogP contribution in [0.25, 0.3) is 22.4 Å². The largest absolute Gasteiger partial charge is 0.454 e. The van der Waals surface area contributed by atoms with Gasteiger partial charge in [-0.3, -0.25) is 9.78 Å². The molecular formula is C20H15N5O2. The van der Waals surface area contributed by atoms with Gasteiger partial charge in [0.2, 0.25) is 5.91 Å². The van der Waals surface area contributed by atoms with Gasteiger partial charge in [0.05, 0.1) is 5.52 Å². The van der Waals surface area contributed by atoms with E-state index in [2.05, 4.69) is 19.9 Å². The van der Waals surface area contributed by atoms with Crippen LogP contribution in [0.15, 0.2) is 61.1 Å². The number of carbonyl (C=O) groups excluding carboxylic acids is 1. The number of nitrogens with two attached hydrogens (primary N) is 1. The summed E-state index contributed by atoms with van der Waals surface area (Å²) in [7, 11) is 0. The van der Waals surface area contributed by atoms with Crippen molar-refractivity contribution in [2.75, 3.05) is 0 Å². The van der Waals surface area contributed by atoms with Crippen LogP contribution in [0.1, 0.15) is 16.1 Å². The molecule has 0 bridgehead atoms. The first-order chi connectivity index (χ1) is 13.1. The maximum atomic E-state index is 11.4. The number of hydrogen-bond acceptors (Lipinski definition) is 6. The molecule has 0 aliphatic carbocycles. The summed E-state index contributed by atoms with van der Waals surface area (Å²) in [4.78, 5) is 28.8. The van der Waals surface area contributed by atoms with Gasteiger partial charge in [0.25, 0.3) is 0 Å². The van der Waals surface area contributed by atoms with E-state index >= 15 is 0 Å². The zero-order chi connectivity index (χ0) is 18.8. The second-order valence-electron chi connectivity index (χ2n) is 5.88. The average Bonchev–Trinajstić information content (AvgIpc) is 2.69. The van der Waals surface area contributed by atoms with Gasteiger partial charge in [-0.25, -0.2) is 15.0 Å². The van der Waals surface area contributed by atoms with Crippen molar-refractivity contribution >= 4 is 16.8 Å². The molecule has 0 aliphatic rings. The fourth-order valence-corrected chi connectivity index (χ4v) is 2.69. The minimum absolute atomic E-state index is 0.391. The molecule has 1 aromatic carbocycles. The fraction of sp³-hybridized carbons (Fsp3) is 0.0500. The Morgan fingerprint density at radius 1 is 0.963 bits per heavy atom. The Morgan fingerprint density at radius 3 is 2.56 bits per heavy atom. The second-order valence-corrected chi connectivity index (χ2v) is 5.88. The van der Waals surface area contributed by atoms with Crippen molar-refractivity contribution in [2.45, 2.75) is 6.92 Å². The van der Waals surface area contributed by atoms with E-state index in [4.69, 9.17) is 10.5 Å². The molecule has 4 aromatic rings. The number of aryl methyl sites for hydroxylation is 1. The molecule has 27 heavy (non-hydrogen) atoms. The van der Waals surface area contributed by atoms with Crippen molar-refractivity contribution in [1.29, 1.82) is 0 Å². The quantitative estimate of drug-likeness (QED) is 0.601. The summed E-state index contributed by atoms with van der Waals surface area (Å²) in [5.74, 6) is 1.08. The van der Waals surface area contributed by atoms with Gasteiger partial charge in [-0.05, 0) is 49.4 Å². The number of fused-ring (bicyclic) bond motifs is 1. The first kappa shape index (κ1) is 16.6. The van der Waals surface area contributed by atoms with E-state index in [1.165, 1.54) is 0 Å². The molecule has 0 unspecified atom stereocenters. The SMILES string of the molecule is Cc1ccc(Oc2ccnc3cc(C(N)=O)ccc23)c(-c2ncccn2)n1. The second kappa shape index (κ2) is 6.80. The van der Waals surface area contributed by atoms with Gasteiger partial charge < -0.3 is 10.5 Å². The molecule has 7 heteroatoms. The third-order valence-electron chi connectivity index (χ3n) is 3.98. The fourth-order valence-electron chi connectivity index (χ4n) is 2.69. The molecular weight excluding hydrogens is 342 g/mol. The molecule has 132 valence electrons. The van der Waals surface area contributed by atoms with E-state index in [1.807, 2.05) is 19.1 Å². The summed E-state index contributed by atoms with van der Waals surface area (Å²) in [6, 6.07) is 12.2. The predicted octanol–water partition coefficient (Wildman–Crippen LogP) is 3.29. The van der Waals surface area contributed by atoms with Crippen LogP contribution < -0.4 is 10.5 Å². The summed E-state index contributed by atoms with van der Waals surface area (Å²) in [6.07, 6.45) is 4.93. The summed E-state index contributed by atoms with van der Waals surface area (Å²) in [5.41, 5.74) is 7.73. The Bertz CT molecular complexity index is 1150. The number of ether oxygens (including phenoxy) is 1. The molecule has 0 spiro atoms. The van der Waals surface area contributed by atoms with Crippen molar-refractivity contribution in [3.05, 3.63) is 72.3 Å². The molecule has 0 saturated carbocycles. The third kappa shape index (κ3) is 3.30. The minimum atomic E-state index is -0.503. The molecule has 7 nitrogen and oxygen atoms in total. The maximum absolute atomic E-state index is 11.4. The van der Waals surface area contributed by atoms with Gasteiger partial charge in [-0.2, -0.15) is 0 Å². The van der Waals surface area contributed by atoms with E-state index < -0.39 is 5.91 Å². The van der Waals surface area contributed by atoms with Gasteiger partial charge in [-0.15, -0.1) is 0 Å². The van der Waals surface area contributed by atoms with Crippen molar-refractivity contribution in [3.63, 3.8) is 0 Å². The molecule has 3 aromatic heterocycles.